The van der Waals surface area contributed by atoms with E-state index in [4.69, 9.17) is 0 Å². The molecule has 0 aromatic heterocycles. The molecule has 140 valence electrons. The molecule has 0 spiro atoms. The minimum atomic E-state index is -0.0250. The van der Waals surface area contributed by atoms with Crippen molar-refractivity contribution in [2.75, 3.05) is 39.6 Å². The van der Waals surface area contributed by atoms with E-state index < -0.39 is 0 Å². The first-order valence-corrected chi connectivity index (χ1v) is 9.30. The predicted molar refractivity (Wildman–Crippen MR) is 113 cm³/mol. The van der Waals surface area contributed by atoms with Crippen LogP contribution in [0.5, 0.6) is 0 Å². The normalized spacial score (nSPS) is 12.2. The second-order valence-electron chi connectivity index (χ2n) is 7.35. The Balaban J connectivity index is 1.76. The maximum atomic E-state index is 12.8. The smallest absolute Gasteiger partial charge is 0.252 e. The van der Waals surface area contributed by atoms with Crippen molar-refractivity contribution in [2.45, 2.75) is 6.04 Å². The first-order chi connectivity index (χ1) is 13.0. The standard InChI is InChI=1S/C23H27N3O/c1-25(2)19-14-12-18(13-15-19)22(26(3)4)16-24-23(27)21-11-7-9-17-8-5-6-10-20(17)21/h5-15,22H,16H2,1-4H3,(H,24,27)/p+1/t22-/m1/s1. The highest BCUT2D eigenvalue weighted by molar-refractivity contribution is 6.07. The van der Waals surface area contributed by atoms with Gasteiger partial charge in [0.05, 0.1) is 20.6 Å². The van der Waals surface area contributed by atoms with Crippen molar-refractivity contribution in [3.8, 4) is 0 Å². The molecular formula is C23H28N3O+. The van der Waals surface area contributed by atoms with Crippen LogP contribution in [-0.2, 0) is 0 Å². The Hall–Kier alpha value is -2.85. The van der Waals surface area contributed by atoms with Crippen LogP contribution in [0.15, 0.2) is 66.7 Å². The average Bonchev–Trinajstić information content (AvgIpc) is 2.67. The summed E-state index contributed by atoms with van der Waals surface area (Å²) in [6.07, 6.45) is 0. The molecular weight excluding hydrogens is 334 g/mol. The van der Waals surface area contributed by atoms with E-state index in [2.05, 4.69) is 48.6 Å². The van der Waals surface area contributed by atoms with E-state index in [0.29, 0.717) is 6.54 Å². The fraction of sp³-hybridized carbons (Fsp3) is 0.261. The molecule has 0 saturated heterocycles. The summed E-state index contributed by atoms with van der Waals surface area (Å²) in [4.78, 5) is 16.2. The molecule has 1 atom stereocenters. The van der Waals surface area contributed by atoms with E-state index in [9.17, 15) is 4.79 Å². The number of nitrogens with zero attached hydrogens (tertiary/aromatic N) is 1. The Labute approximate surface area is 161 Å². The number of likely N-dealkylation sites (N-methyl/N-ethyl adjacent to an activating group) is 1. The number of amides is 1. The Morgan fingerprint density at radius 1 is 0.963 bits per heavy atom. The van der Waals surface area contributed by atoms with Gasteiger partial charge in [-0.25, -0.2) is 0 Å². The van der Waals surface area contributed by atoms with Crippen molar-refractivity contribution < 1.29 is 9.69 Å². The number of benzene rings is 3. The lowest BCUT2D eigenvalue weighted by Crippen LogP contribution is -3.07. The zero-order valence-corrected chi connectivity index (χ0v) is 16.5. The molecule has 0 heterocycles. The van der Waals surface area contributed by atoms with Gasteiger partial charge in [-0.3, -0.25) is 4.79 Å². The van der Waals surface area contributed by atoms with Gasteiger partial charge < -0.3 is 15.1 Å². The van der Waals surface area contributed by atoms with Crippen LogP contribution in [0, 0.1) is 0 Å². The molecule has 0 bridgehead atoms. The van der Waals surface area contributed by atoms with Crippen molar-refractivity contribution in [2.24, 2.45) is 0 Å². The highest BCUT2D eigenvalue weighted by atomic mass is 16.1. The summed E-state index contributed by atoms with van der Waals surface area (Å²) in [7, 11) is 8.31. The van der Waals surface area contributed by atoms with Crippen LogP contribution < -0.4 is 15.1 Å². The number of rotatable bonds is 6. The predicted octanol–water partition coefficient (Wildman–Crippen LogP) is 2.52. The third-order valence-corrected chi connectivity index (χ3v) is 5.01. The molecule has 0 radical (unpaired) electrons. The van der Waals surface area contributed by atoms with Crippen LogP contribution in [0.25, 0.3) is 10.8 Å². The highest BCUT2D eigenvalue weighted by Gasteiger charge is 2.20. The molecule has 3 aromatic rings. The number of carbonyl (C=O) groups is 1. The van der Waals surface area contributed by atoms with E-state index in [-0.39, 0.29) is 11.9 Å². The zero-order valence-electron chi connectivity index (χ0n) is 16.5. The number of carbonyl (C=O) groups excluding carboxylic acids is 1. The Bertz CT molecular complexity index is 911. The van der Waals surface area contributed by atoms with E-state index in [1.807, 2.05) is 56.6 Å². The summed E-state index contributed by atoms with van der Waals surface area (Å²) < 4.78 is 0. The fourth-order valence-corrected chi connectivity index (χ4v) is 3.37. The third kappa shape index (κ3) is 4.29. The first-order valence-electron chi connectivity index (χ1n) is 9.30. The SMILES string of the molecule is CN(C)c1ccc([C@@H](CNC(=O)c2cccc3ccccc23)[NH+](C)C)cc1. The number of hydrogen-bond donors (Lipinski definition) is 2. The van der Waals surface area contributed by atoms with Gasteiger partial charge in [-0.05, 0) is 29.0 Å². The number of hydrogen-bond acceptors (Lipinski definition) is 2. The number of nitrogens with one attached hydrogen (secondary N) is 2. The molecule has 0 aliphatic heterocycles. The maximum Gasteiger partial charge on any atom is 0.252 e. The fourth-order valence-electron chi connectivity index (χ4n) is 3.37. The molecule has 27 heavy (non-hydrogen) atoms. The molecule has 2 N–H and O–H groups in total. The zero-order chi connectivity index (χ0) is 19.4. The molecule has 4 nitrogen and oxygen atoms in total. The molecule has 0 saturated carbocycles. The number of anilines is 1. The lowest BCUT2D eigenvalue weighted by molar-refractivity contribution is -0.890. The van der Waals surface area contributed by atoms with E-state index in [0.717, 1.165) is 16.3 Å². The molecule has 4 heteroatoms. The largest absolute Gasteiger partial charge is 0.378 e. The molecule has 3 rings (SSSR count). The van der Waals surface area contributed by atoms with Crippen LogP contribution in [0.3, 0.4) is 0 Å². The van der Waals surface area contributed by atoms with Crippen molar-refractivity contribution in [1.29, 1.82) is 0 Å². The van der Waals surface area contributed by atoms with Gasteiger partial charge in [0.25, 0.3) is 5.91 Å². The average molecular weight is 362 g/mol. The van der Waals surface area contributed by atoms with E-state index >= 15 is 0 Å². The van der Waals surface area contributed by atoms with Crippen molar-refractivity contribution in [3.05, 3.63) is 77.9 Å². The van der Waals surface area contributed by atoms with Gasteiger partial charge >= 0.3 is 0 Å². The van der Waals surface area contributed by atoms with Gasteiger partial charge in [-0.15, -0.1) is 0 Å². The molecule has 3 aromatic carbocycles. The van der Waals surface area contributed by atoms with Gasteiger partial charge in [-0.1, -0.05) is 48.5 Å². The summed E-state index contributed by atoms with van der Waals surface area (Å²) in [6.45, 7) is 0.589. The van der Waals surface area contributed by atoms with Crippen LogP contribution in [0.1, 0.15) is 22.0 Å². The number of quaternary nitrogens is 1. The molecule has 0 aliphatic carbocycles. The van der Waals surface area contributed by atoms with Crippen LogP contribution in [0.2, 0.25) is 0 Å². The van der Waals surface area contributed by atoms with E-state index in [1.54, 1.807) is 0 Å². The highest BCUT2D eigenvalue weighted by Crippen LogP contribution is 2.19. The van der Waals surface area contributed by atoms with E-state index in [1.165, 1.54) is 16.2 Å². The van der Waals surface area contributed by atoms with Crippen LogP contribution in [0.4, 0.5) is 5.69 Å². The summed E-state index contributed by atoms with van der Waals surface area (Å²) in [6, 6.07) is 22.6. The molecule has 1 amide bonds. The first kappa shape index (κ1) is 18.9. The Kier molecular flexibility index (Phi) is 5.77. The van der Waals surface area contributed by atoms with Gasteiger partial charge in [-0.2, -0.15) is 0 Å². The van der Waals surface area contributed by atoms with Gasteiger partial charge in [0.1, 0.15) is 6.04 Å². The monoisotopic (exact) mass is 362 g/mol. The summed E-state index contributed by atoms with van der Waals surface area (Å²) in [5.41, 5.74) is 3.12. The Morgan fingerprint density at radius 3 is 2.30 bits per heavy atom. The second kappa shape index (κ2) is 8.23. The summed E-state index contributed by atoms with van der Waals surface area (Å²) >= 11 is 0. The molecule has 0 fully saturated rings. The third-order valence-electron chi connectivity index (χ3n) is 5.01. The van der Waals surface area contributed by atoms with Crippen molar-refractivity contribution >= 4 is 22.4 Å². The summed E-state index contributed by atoms with van der Waals surface area (Å²) in [5.74, 6) is -0.0250. The maximum absolute atomic E-state index is 12.8. The lowest BCUT2D eigenvalue weighted by Gasteiger charge is -2.23. The number of fused-ring (bicyclic) bond motifs is 1. The lowest BCUT2D eigenvalue weighted by atomic mass is 10.0. The second-order valence-corrected chi connectivity index (χ2v) is 7.35. The van der Waals surface area contributed by atoms with Gasteiger partial charge in [0, 0.05) is 30.9 Å². The summed E-state index contributed by atoms with van der Waals surface area (Å²) in [5, 5.41) is 5.21. The Morgan fingerprint density at radius 2 is 1.63 bits per heavy atom. The van der Waals surface area contributed by atoms with Gasteiger partial charge in [0.2, 0.25) is 0 Å². The molecule has 0 aliphatic rings. The van der Waals surface area contributed by atoms with Crippen molar-refractivity contribution in [3.63, 3.8) is 0 Å². The van der Waals surface area contributed by atoms with Crippen LogP contribution >= 0.6 is 0 Å². The molecule has 0 unspecified atom stereocenters. The van der Waals surface area contributed by atoms with Crippen LogP contribution in [-0.4, -0.2) is 40.6 Å². The van der Waals surface area contributed by atoms with Crippen molar-refractivity contribution in [1.82, 2.24) is 5.32 Å². The minimum Gasteiger partial charge on any atom is -0.378 e. The minimum absolute atomic E-state index is 0.0250. The van der Waals surface area contributed by atoms with Gasteiger partial charge in [0.15, 0.2) is 0 Å². The quantitative estimate of drug-likeness (QED) is 0.707. The topological polar surface area (TPSA) is 36.8 Å².